The van der Waals surface area contributed by atoms with Crippen LogP contribution in [0.5, 0.6) is 5.75 Å². The van der Waals surface area contributed by atoms with Crippen LogP contribution in [0.3, 0.4) is 0 Å². The molecule has 0 aromatic heterocycles. The first-order valence-corrected chi connectivity index (χ1v) is 7.54. The average molecular weight is 292 g/mol. The summed E-state index contributed by atoms with van der Waals surface area (Å²) in [5.41, 5.74) is 0.0672. The Kier molecular flexibility index (Phi) is 3.85. The first kappa shape index (κ1) is 14.3. The maximum atomic E-state index is 13.3. The quantitative estimate of drug-likeness (QED) is 0.862. The minimum Gasteiger partial charge on any atom is -0.507 e. The zero-order valence-electron chi connectivity index (χ0n) is 12.3. The van der Waals surface area contributed by atoms with E-state index in [1.165, 1.54) is 6.07 Å². The molecule has 2 saturated heterocycles. The number of nitrogens with zero attached hydrogens (tertiary/aromatic N) is 2. The van der Waals surface area contributed by atoms with Gasteiger partial charge in [-0.3, -0.25) is 4.79 Å². The fourth-order valence-electron chi connectivity index (χ4n) is 3.69. The van der Waals surface area contributed by atoms with E-state index in [0.29, 0.717) is 25.0 Å². The Balaban J connectivity index is 1.76. The molecule has 1 N–H and O–H groups in total. The Labute approximate surface area is 124 Å². The highest BCUT2D eigenvalue weighted by molar-refractivity contribution is 5.96. The number of carbonyl (C=O) groups is 1. The van der Waals surface area contributed by atoms with Gasteiger partial charge in [0.1, 0.15) is 11.6 Å². The number of rotatable bonds is 1. The van der Waals surface area contributed by atoms with Crippen LogP contribution >= 0.6 is 0 Å². The summed E-state index contributed by atoms with van der Waals surface area (Å²) >= 11 is 0. The normalized spacial score (nSPS) is 26.5. The standard InChI is InChI=1S/C16H21FN2O2/c1-18-7-2-3-11-10-19(8-6-14(11)18)16(21)13-9-12(17)4-5-15(13)20/h4-5,9,11,14,20H,2-3,6-8,10H2,1H3. The molecule has 1 aromatic rings. The van der Waals surface area contributed by atoms with Gasteiger partial charge in [-0.15, -0.1) is 0 Å². The van der Waals surface area contributed by atoms with E-state index in [1.807, 2.05) is 0 Å². The highest BCUT2D eigenvalue weighted by atomic mass is 19.1. The zero-order valence-corrected chi connectivity index (χ0v) is 12.3. The van der Waals surface area contributed by atoms with E-state index in [1.54, 1.807) is 4.90 Å². The van der Waals surface area contributed by atoms with Gasteiger partial charge in [0, 0.05) is 19.1 Å². The summed E-state index contributed by atoms with van der Waals surface area (Å²) in [6.45, 7) is 2.49. The van der Waals surface area contributed by atoms with Crippen molar-refractivity contribution in [1.29, 1.82) is 0 Å². The van der Waals surface area contributed by atoms with Crippen LogP contribution in [-0.4, -0.2) is 53.5 Å². The highest BCUT2D eigenvalue weighted by Crippen LogP contribution is 2.31. The number of benzene rings is 1. The predicted molar refractivity (Wildman–Crippen MR) is 77.7 cm³/mol. The molecule has 0 spiro atoms. The maximum Gasteiger partial charge on any atom is 0.257 e. The lowest BCUT2D eigenvalue weighted by Crippen LogP contribution is -2.53. The van der Waals surface area contributed by atoms with Crippen molar-refractivity contribution in [2.75, 3.05) is 26.7 Å². The molecule has 114 valence electrons. The lowest BCUT2D eigenvalue weighted by Gasteiger charge is -2.46. The number of halogens is 1. The van der Waals surface area contributed by atoms with Crippen molar-refractivity contribution in [1.82, 2.24) is 9.80 Å². The van der Waals surface area contributed by atoms with Crippen LogP contribution in [0.25, 0.3) is 0 Å². The van der Waals surface area contributed by atoms with Crippen LogP contribution in [-0.2, 0) is 0 Å². The summed E-state index contributed by atoms with van der Waals surface area (Å²) in [5, 5.41) is 9.79. The third kappa shape index (κ3) is 2.75. The maximum absolute atomic E-state index is 13.3. The van der Waals surface area contributed by atoms with Crippen molar-refractivity contribution >= 4 is 5.91 Å². The van der Waals surface area contributed by atoms with E-state index in [4.69, 9.17) is 0 Å². The molecule has 0 saturated carbocycles. The topological polar surface area (TPSA) is 43.8 Å². The molecule has 2 aliphatic heterocycles. The number of aromatic hydroxyl groups is 1. The van der Waals surface area contributed by atoms with Crippen LogP contribution in [0, 0.1) is 11.7 Å². The predicted octanol–water partition coefficient (Wildman–Crippen LogP) is 2.09. The van der Waals surface area contributed by atoms with Crippen molar-refractivity contribution in [3.8, 4) is 5.75 Å². The number of amides is 1. The van der Waals surface area contributed by atoms with E-state index in [-0.39, 0.29) is 17.2 Å². The third-order valence-corrected chi connectivity index (χ3v) is 4.82. The molecule has 3 rings (SSSR count). The molecular formula is C16H21FN2O2. The van der Waals surface area contributed by atoms with Gasteiger partial charge >= 0.3 is 0 Å². The molecule has 2 aliphatic rings. The summed E-state index contributed by atoms with van der Waals surface area (Å²) in [5.74, 6) is -0.427. The fourth-order valence-corrected chi connectivity index (χ4v) is 3.69. The minimum absolute atomic E-state index is 0.0672. The molecule has 21 heavy (non-hydrogen) atoms. The van der Waals surface area contributed by atoms with Crippen LogP contribution in [0.15, 0.2) is 18.2 Å². The van der Waals surface area contributed by atoms with Crippen LogP contribution in [0.4, 0.5) is 4.39 Å². The molecule has 4 nitrogen and oxygen atoms in total. The second kappa shape index (κ2) is 5.64. The van der Waals surface area contributed by atoms with Crippen molar-refractivity contribution in [2.45, 2.75) is 25.3 Å². The Bertz CT molecular complexity index is 549. The van der Waals surface area contributed by atoms with Crippen LogP contribution in [0.1, 0.15) is 29.6 Å². The van der Waals surface area contributed by atoms with Crippen molar-refractivity contribution in [2.24, 2.45) is 5.92 Å². The SMILES string of the molecule is CN1CCCC2CN(C(=O)c3cc(F)ccc3O)CCC21. The lowest BCUT2D eigenvalue weighted by molar-refractivity contribution is 0.0315. The molecule has 2 atom stereocenters. The average Bonchev–Trinajstić information content (AvgIpc) is 2.49. The van der Waals surface area contributed by atoms with Gasteiger partial charge in [-0.05, 0) is 57.0 Å². The Morgan fingerprint density at radius 1 is 1.33 bits per heavy atom. The van der Waals surface area contributed by atoms with Gasteiger partial charge in [0.2, 0.25) is 0 Å². The fraction of sp³-hybridized carbons (Fsp3) is 0.562. The van der Waals surface area contributed by atoms with E-state index in [0.717, 1.165) is 37.9 Å². The van der Waals surface area contributed by atoms with Crippen molar-refractivity contribution < 1.29 is 14.3 Å². The van der Waals surface area contributed by atoms with Gasteiger partial charge in [-0.1, -0.05) is 0 Å². The van der Waals surface area contributed by atoms with Gasteiger partial charge in [0.05, 0.1) is 5.56 Å². The number of piperidine rings is 2. The van der Waals surface area contributed by atoms with Crippen molar-refractivity contribution in [3.05, 3.63) is 29.6 Å². The highest BCUT2D eigenvalue weighted by Gasteiger charge is 2.36. The Morgan fingerprint density at radius 2 is 2.14 bits per heavy atom. The molecule has 1 aromatic carbocycles. The van der Waals surface area contributed by atoms with Gasteiger partial charge in [0.15, 0.2) is 0 Å². The van der Waals surface area contributed by atoms with E-state index in [2.05, 4.69) is 11.9 Å². The number of phenols is 1. The van der Waals surface area contributed by atoms with Crippen LogP contribution < -0.4 is 0 Å². The second-order valence-electron chi connectivity index (χ2n) is 6.15. The summed E-state index contributed by atoms with van der Waals surface area (Å²) in [6.07, 6.45) is 3.24. The van der Waals surface area contributed by atoms with Gasteiger partial charge in [-0.25, -0.2) is 4.39 Å². The summed E-state index contributed by atoms with van der Waals surface area (Å²) in [6, 6.07) is 4.07. The van der Waals surface area contributed by atoms with E-state index in [9.17, 15) is 14.3 Å². The molecule has 2 fully saturated rings. The van der Waals surface area contributed by atoms with Crippen molar-refractivity contribution in [3.63, 3.8) is 0 Å². The molecule has 2 heterocycles. The summed E-state index contributed by atoms with van der Waals surface area (Å²) < 4.78 is 13.3. The monoisotopic (exact) mass is 292 g/mol. The number of fused-ring (bicyclic) bond motifs is 1. The largest absolute Gasteiger partial charge is 0.507 e. The number of phenolic OH excluding ortho intramolecular Hbond substituents is 1. The summed E-state index contributed by atoms with van der Waals surface area (Å²) in [4.78, 5) is 16.7. The van der Waals surface area contributed by atoms with E-state index >= 15 is 0 Å². The van der Waals surface area contributed by atoms with Gasteiger partial charge in [-0.2, -0.15) is 0 Å². The lowest BCUT2D eigenvalue weighted by atomic mass is 9.84. The number of likely N-dealkylation sites (tertiary alicyclic amines) is 2. The minimum atomic E-state index is -0.497. The number of hydrogen-bond acceptors (Lipinski definition) is 3. The molecule has 0 bridgehead atoms. The Morgan fingerprint density at radius 3 is 2.95 bits per heavy atom. The molecule has 5 heteroatoms. The molecule has 1 amide bonds. The Hall–Kier alpha value is -1.62. The number of carbonyl (C=O) groups excluding carboxylic acids is 1. The number of hydrogen-bond donors (Lipinski definition) is 1. The first-order chi connectivity index (χ1) is 10.1. The zero-order chi connectivity index (χ0) is 15.0. The van der Waals surface area contributed by atoms with Gasteiger partial charge in [0.25, 0.3) is 5.91 Å². The summed E-state index contributed by atoms with van der Waals surface area (Å²) in [7, 11) is 2.15. The van der Waals surface area contributed by atoms with Crippen LogP contribution in [0.2, 0.25) is 0 Å². The smallest absolute Gasteiger partial charge is 0.257 e. The molecule has 0 radical (unpaired) electrons. The third-order valence-electron chi connectivity index (χ3n) is 4.82. The van der Waals surface area contributed by atoms with E-state index < -0.39 is 5.82 Å². The second-order valence-corrected chi connectivity index (χ2v) is 6.15. The molecular weight excluding hydrogens is 271 g/mol. The molecule has 0 aliphatic carbocycles. The molecule has 2 unspecified atom stereocenters. The van der Waals surface area contributed by atoms with Gasteiger partial charge < -0.3 is 14.9 Å². The first-order valence-electron chi connectivity index (χ1n) is 7.54.